The van der Waals surface area contributed by atoms with Crippen molar-refractivity contribution in [3.63, 3.8) is 0 Å². The lowest BCUT2D eigenvalue weighted by atomic mass is 9.79. The van der Waals surface area contributed by atoms with Crippen LogP contribution in [0.5, 0.6) is 0 Å². The maximum Gasteiger partial charge on any atom is 0.249 e. The Kier molecular flexibility index (Phi) is 5.68. The molecule has 2 aromatic rings. The van der Waals surface area contributed by atoms with E-state index < -0.39 is 5.54 Å². The summed E-state index contributed by atoms with van der Waals surface area (Å²) in [6.07, 6.45) is 8.48. The number of hydrogen-bond acceptors (Lipinski definition) is 7. The van der Waals surface area contributed by atoms with Gasteiger partial charge in [0.2, 0.25) is 17.6 Å². The maximum absolute atomic E-state index is 13.4. The predicted octanol–water partition coefficient (Wildman–Crippen LogP) is 2.34. The molecule has 1 saturated heterocycles. The highest BCUT2D eigenvalue weighted by Gasteiger charge is 2.45. The van der Waals surface area contributed by atoms with Crippen LogP contribution in [0.2, 0.25) is 0 Å². The smallest absolute Gasteiger partial charge is 0.249 e. The van der Waals surface area contributed by atoms with E-state index in [9.17, 15) is 4.79 Å². The number of nitrogens with zero attached hydrogens (tertiary/aromatic N) is 4. The van der Waals surface area contributed by atoms with Gasteiger partial charge in [-0.1, -0.05) is 24.4 Å². The lowest BCUT2D eigenvalue weighted by molar-refractivity contribution is -0.141. The van der Waals surface area contributed by atoms with Crippen LogP contribution >= 0.6 is 0 Å². The molecule has 0 aromatic carbocycles. The molecule has 2 fully saturated rings. The summed E-state index contributed by atoms with van der Waals surface area (Å²) in [5.74, 6) is 0.970. The first-order valence-corrected chi connectivity index (χ1v) is 10.1. The van der Waals surface area contributed by atoms with Crippen LogP contribution in [0.15, 0.2) is 29.0 Å². The monoisotopic (exact) mass is 385 g/mol. The van der Waals surface area contributed by atoms with Crippen molar-refractivity contribution in [2.24, 2.45) is 0 Å². The third-order valence-electron chi connectivity index (χ3n) is 5.82. The van der Waals surface area contributed by atoms with Crippen LogP contribution in [-0.2, 0) is 9.53 Å². The second-order valence-electron chi connectivity index (χ2n) is 7.58. The summed E-state index contributed by atoms with van der Waals surface area (Å²) in [7, 11) is 0. The van der Waals surface area contributed by atoms with Crippen molar-refractivity contribution in [1.82, 2.24) is 25.3 Å². The lowest BCUT2D eigenvalue weighted by Gasteiger charge is -2.46. The van der Waals surface area contributed by atoms with Crippen LogP contribution in [-0.4, -0.2) is 57.8 Å². The van der Waals surface area contributed by atoms with Crippen LogP contribution in [0, 0.1) is 0 Å². The van der Waals surface area contributed by atoms with Gasteiger partial charge in [0.05, 0.1) is 13.2 Å². The van der Waals surface area contributed by atoms with E-state index in [1.807, 2.05) is 19.1 Å². The number of aromatic nitrogens is 3. The Bertz CT molecular complexity index is 782. The molecule has 1 amide bonds. The van der Waals surface area contributed by atoms with Crippen LogP contribution in [0.4, 0.5) is 0 Å². The third kappa shape index (κ3) is 3.79. The quantitative estimate of drug-likeness (QED) is 0.844. The normalized spacial score (nSPS) is 21.2. The Morgan fingerprint density at radius 2 is 1.89 bits per heavy atom. The number of amides is 1. The molecular weight excluding hydrogens is 358 g/mol. The van der Waals surface area contributed by atoms with Crippen molar-refractivity contribution in [2.75, 3.05) is 26.3 Å². The Labute approximate surface area is 164 Å². The molecule has 0 spiro atoms. The van der Waals surface area contributed by atoms with Crippen LogP contribution < -0.4 is 5.32 Å². The van der Waals surface area contributed by atoms with E-state index in [0.717, 1.165) is 44.3 Å². The third-order valence-corrected chi connectivity index (χ3v) is 5.82. The van der Waals surface area contributed by atoms with Gasteiger partial charge < -0.3 is 14.6 Å². The molecule has 2 aliphatic rings. The molecule has 4 rings (SSSR count). The number of rotatable bonds is 5. The van der Waals surface area contributed by atoms with Gasteiger partial charge in [-0.05, 0) is 31.9 Å². The highest BCUT2D eigenvalue weighted by atomic mass is 16.5. The zero-order valence-corrected chi connectivity index (χ0v) is 16.3. The fourth-order valence-electron chi connectivity index (χ4n) is 4.24. The standard InChI is InChI=1S/C20H27N5O3/c1-15(18-23-17(24-28-18)16-5-9-21-10-6-16)22-19(26)20(7-3-2-4-8-20)25-11-13-27-14-12-25/h5-6,9-10,15H,2-4,7-8,11-14H2,1H3,(H,22,26). The zero-order chi connectivity index (χ0) is 19.4. The largest absolute Gasteiger partial charge is 0.379 e. The van der Waals surface area contributed by atoms with Gasteiger partial charge in [0.15, 0.2) is 0 Å². The molecule has 1 aliphatic heterocycles. The average Bonchev–Trinajstić information content (AvgIpc) is 3.26. The fraction of sp³-hybridized carbons (Fsp3) is 0.600. The van der Waals surface area contributed by atoms with Crippen LogP contribution in [0.3, 0.4) is 0 Å². The summed E-state index contributed by atoms with van der Waals surface area (Å²) in [5, 5.41) is 7.18. The summed E-state index contributed by atoms with van der Waals surface area (Å²) in [6.45, 7) is 4.85. The summed E-state index contributed by atoms with van der Waals surface area (Å²) < 4.78 is 10.9. The molecule has 0 radical (unpaired) electrons. The van der Waals surface area contributed by atoms with Crippen molar-refractivity contribution >= 4 is 5.91 Å². The second-order valence-corrected chi connectivity index (χ2v) is 7.58. The molecule has 1 atom stereocenters. The van der Waals surface area contributed by atoms with Crippen molar-refractivity contribution in [1.29, 1.82) is 0 Å². The number of nitrogens with one attached hydrogen (secondary N) is 1. The van der Waals surface area contributed by atoms with E-state index in [-0.39, 0.29) is 11.9 Å². The number of hydrogen-bond donors (Lipinski definition) is 1. The highest BCUT2D eigenvalue weighted by Crippen LogP contribution is 2.35. The molecule has 1 unspecified atom stereocenters. The molecule has 2 aromatic heterocycles. The Balaban J connectivity index is 1.48. The van der Waals surface area contributed by atoms with Gasteiger partial charge in [0.1, 0.15) is 11.6 Å². The number of morpholine rings is 1. The van der Waals surface area contributed by atoms with Crippen molar-refractivity contribution in [2.45, 2.75) is 50.6 Å². The number of pyridine rings is 1. The van der Waals surface area contributed by atoms with Crippen molar-refractivity contribution in [3.05, 3.63) is 30.4 Å². The first-order chi connectivity index (χ1) is 13.7. The summed E-state index contributed by atoms with van der Waals surface area (Å²) >= 11 is 0. The van der Waals surface area contributed by atoms with Crippen molar-refractivity contribution < 1.29 is 14.1 Å². The van der Waals surface area contributed by atoms with Gasteiger partial charge in [-0.2, -0.15) is 4.98 Å². The van der Waals surface area contributed by atoms with Gasteiger partial charge in [-0.25, -0.2) is 0 Å². The number of carbonyl (C=O) groups excluding carboxylic acids is 1. The summed E-state index contributed by atoms with van der Waals surface area (Å²) in [6, 6.07) is 3.30. The van der Waals surface area contributed by atoms with E-state index in [1.165, 1.54) is 6.42 Å². The first-order valence-electron chi connectivity index (χ1n) is 10.1. The average molecular weight is 385 g/mol. The Morgan fingerprint density at radius 1 is 1.18 bits per heavy atom. The zero-order valence-electron chi connectivity index (χ0n) is 16.3. The van der Waals surface area contributed by atoms with Crippen LogP contribution in [0.1, 0.15) is 51.0 Å². The van der Waals surface area contributed by atoms with E-state index in [4.69, 9.17) is 9.26 Å². The molecule has 1 aliphatic carbocycles. The van der Waals surface area contributed by atoms with E-state index in [2.05, 4.69) is 25.3 Å². The summed E-state index contributed by atoms with van der Waals surface area (Å²) in [4.78, 5) is 24.2. The van der Waals surface area contributed by atoms with Gasteiger partial charge >= 0.3 is 0 Å². The number of carbonyl (C=O) groups is 1. The fourth-order valence-corrected chi connectivity index (χ4v) is 4.24. The highest BCUT2D eigenvalue weighted by molar-refractivity contribution is 5.86. The first kappa shape index (κ1) is 19.0. The van der Waals surface area contributed by atoms with Gasteiger partial charge in [-0.3, -0.25) is 14.7 Å². The molecular formula is C20H27N5O3. The Hall–Kier alpha value is -2.32. The van der Waals surface area contributed by atoms with E-state index >= 15 is 0 Å². The van der Waals surface area contributed by atoms with Gasteiger partial charge in [0, 0.05) is 31.0 Å². The lowest BCUT2D eigenvalue weighted by Crippen LogP contribution is -2.62. The summed E-state index contributed by atoms with van der Waals surface area (Å²) in [5.41, 5.74) is 0.380. The van der Waals surface area contributed by atoms with Crippen molar-refractivity contribution in [3.8, 4) is 11.4 Å². The van der Waals surface area contributed by atoms with Gasteiger partial charge in [0.25, 0.3) is 0 Å². The van der Waals surface area contributed by atoms with E-state index in [0.29, 0.717) is 24.9 Å². The molecule has 1 N–H and O–H groups in total. The minimum atomic E-state index is -0.454. The van der Waals surface area contributed by atoms with E-state index in [1.54, 1.807) is 12.4 Å². The predicted molar refractivity (Wildman–Crippen MR) is 102 cm³/mol. The van der Waals surface area contributed by atoms with Gasteiger partial charge in [-0.15, -0.1) is 0 Å². The molecule has 8 nitrogen and oxygen atoms in total. The molecule has 3 heterocycles. The van der Waals surface area contributed by atoms with Crippen LogP contribution in [0.25, 0.3) is 11.4 Å². The topological polar surface area (TPSA) is 93.4 Å². The Morgan fingerprint density at radius 3 is 2.61 bits per heavy atom. The SMILES string of the molecule is CC(NC(=O)C1(N2CCOCC2)CCCCC1)c1nc(-c2ccncc2)no1. The molecule has 8 heteroatoms. The molecule has 0 bridgehead atoms. The minimum absolute atomic E-state index is 0.0604. The molecule has 150 valence electrons. The minimum Gasteiger partial charge on any atom is -0.379 e. The maximum atomic E-state index is 13.4. The second kappa shape index (κ2) is 8.36. The molecule has 28 heavy (non-hydrogen) atoms. The number of ether oxygens (including phenoxy) is 1. The molecule has 1 saturated carbocycles.